The first-order chi connectivity index (χ1) is 9.92. The quantitative estimate of drug-likeness (QED) is 0.584. The van der Waals surface area contributed by atoms with Crippen LogP contribution in [-0.2, 0) is 0 Å². The van der Waals surface area contributed by atoms with E-state index in [1.54, 1.807) is 6.42 Å². The smallest absolute Gasteiger partial charge is 0.00930 e. The lowest BCUT2D eigenvalue weighted by molar-refractivity contribution is -0.233. The molecule has 12 rings (SSSR count). The molecule has 0 nitrogen and oxygen atoms in total. The molecule has 0 amide bonds. The van der Waals surface area contributed by atoms with Gasteiger partial charge in [-0.15, -0.1) is 0 Å². The van der Waals surface area contributed by atoms with Crippen LogP contribution in [0.2, 0.25) is 0 Å². The predicted octanol–water partition coefficient (Wildman–Crippen LogP) is 2.42. The summed E-state index contributed by atoms with van der Waals surface area (Å²) >= 11 is 0. The summed E-state index contributed by atoms with van der Waals surface area (Å²) in [5.41, 5.74) is 6.21. The van der Waals surface area contributed by atoms with Crippen LogP contribution in [0.25, 0.3) is 0 Å². The van der Waals surface area contributed by atoms with E-state index in [2.05, 4.69) is 11.6 Å². The van der Waals surface area contributed by atoms with Gasteiger partial charge in [0.2, 0.25) is 0 Å². The fraction of sp³-hybridized carbons (Fsp3) is 0.900. The molecule has 11 saturated carbocycles. The van der Waals surface area contributed by atoms with Crippen molar-refractivity contribution in [2.45, 2.75) is 6.42 Å². The zero-order valence-corrected chi connectivity index (χ0v) is 11.3. The lowest BCUT2D eigenvalue weighted by atomic mass is 9.34. The Morgan fingerprint density at radius 1 is 0.850 bits per heavy atom. The maximum absolute atomic E-state index is 2.92. The first-order valence-corrected chi connectivity index (χ1v) is 9.64. The van der Waals surface area contributed by atoms with Crippen molar-refractivity contribution in [2.75, 3.05) is 0 Å². The summed E-state index contributed by atoms with van der Waals surface area (Å²) < 4.78 is 0. The Kier molecular flexibility index (Phi) is 0.471. The van der Waals surface area contributed by atoms with Crippen LogP contribution in [-0.4, -0.2) is 0 Å². The van der Waals surface area contributed by atoms with Crippen molar-refractivity contribution >= 4 is 0 Å². The molecule has 11 fully saturated rings. The summed E-state index contributed by atoms with van der Waals surface area (Å²) in [6.45, 7) is 0. The molecule has 0 aromatic rings. The van der Waals surface area contributed by atoms with Gasteiger partial charge in [0.25, 0.3) is 0 Å². The van der Waals surface area contributed by atoms with Gasteiger partial charge in [0.15, 0.2) is 0 Å². The Bertz CT molecular complexity index is 882. The Morgan fingerprint density at radius 3 is 2.75 bits per heavy atom. The molecule has 17 unspecified atom stereocenters. The first-order valence-electron chi connectivity index (χ1n) is 9.64. The summed E-state index contributed by atoms with van der Waals surface area (Å²) in [5.74, 6) is 16.7. The van der Waals surface area contributed by atoms with Gasteiger partial charge in [-0.25, -0.2) is 0 Å². The normalized spacial score (nSPS) is 112. The molecule has 0 bridgehead atoms. The van der Waals surface area contributed by atoms with Crippen LogP contribution in [0.3, 0.4) is 0 Å². The standard InChI is InChI=1S/C20H16/c1-3-2-17(3)15-13-8-7-9-5-4(1)6(5)12-16-19(13,20(15,16)17)11(8)14-10(7)18(9,12)14/h1,3,5-16H,2H2. The van der Waals surface area contributed by atoms with Gasteiger partial charge in [-0.2, -0.15) is 0 Å². The topological polar surface area (TPSA) is 0 Å². The van der Waals surface area contributed by atoms with Crippen LogP contribution in [0.5, 0.6) is 0 Å². The maximum Gasteiger partial charge on any atom is -0.00930 e. The van der Waals surface area contributed by atoms with Gasteiger partial charge >= 0.3 is 0 Å². The molecule has 12 aliphatic rings. The molecule has 0 saturated heterocycles. The maximum atomic E-state index is 2.92. The van der Waals surface area contributed by atoms with Gasteiger partial charge in [-0.05, 0) is 105 Å². The SMILES string of the molecule is C1=C2C3C2C2C4C56C7C(C8C3C23C8C73)C5C2C3(CC13)C246. The lowest BCUT2D eigenvalue weighted by Crippen LogP contribution is -2.67. The number of hydrogen-bond donors (Lipinski definition) is 0. The lowest BCUT2D eigenvalue weighted by Gasteiger charge is -2.69. The van der Waals surface area contributed by atoms with Gasteiger partial charge in [0, 0.05) is 0 Å². The molecule has 0 aromatic carbocycles. The third-order valence-corrected chi connectivity index (χ3v) is 13.5. The molecule has 0 aliphatic heterocycles. The van der Waals surface area contributed by atoms with E-state index in [4.69, 9.17) is 0 Å². The van der Waals surface area contributed by atoms with E-state index in [1.807, 2.05) is 0 Å². The van der Waals surface area contributed by atoms with E-state index in [0.29, 0.717) is 0 Å². The number of fused-ring (bicyclic) bond motifs is 6. The molecule has 0 radical (unpaired) electrons. The highest BCUT2D eigenvalue weighted by atomic mass is 15.3. The minimum atomic E-state index is 0.984. The Morgan fingerprint density at radius 2 is 1.75 bits per heavy atom. The van der Waals surface area contributed by atoms with Gasteiger partial charge in [0.1, 0.15) is 0 Å². The highest BCUT2D eigenvalue weighted by Gasteiger charge is 3.24. The fourth-order valence-corrected chi connectivity index (χ4v) is 14.8. The second-order valence-electron chi connectivity index (χ2n) is 11.6. The van der Waals surface area contributed by atoms with Gasteiger partial charge in [0.05, 0.1) is 0 Å². The van der Waals surface area contributed by atoms with E-state index >= 15 is 0 Å². The summed E-state index contributed by atoms with van der Waals surface area (Å²) in [5, 5.41) is 0. The van der Waals surface area contributed by atoms with E-state index in [9.17, 15) is 0 Å². The molecule has 96 valence electrons. The third-order valence-electron chi connectivity index (χ3n) is 13.5. The molecule has 0 aromatic heterocycles. The summed E-state index contributed by atoms with van der Waals surface area (Å²) in [6.07, 6.45) is 4.60. The number of hydrogen-bond acceptors (Lipinski definition) is 0. The molecular formula is C20H16. The molecule has 4 spiro atoms. The Balaban J connectivity index is 1.42. The van der Waals surface area contributed by atoms with Crippen molar-refractivity contribution in [3.8, 4) is 0 Å². The predicted molar refractivity (Wildman–Crippen MR) is 67.8 cm³/mol. The molecule has 0 heteroatoms. The van der Waals surface area contributed by atoms with Crippen LogP contribution in [0, 0.1) is 98.6 Å². The van der Waals surface area contributed by atoms with Crippen molar-refractivity contribution in [1.82, 2.24) is 0 Å². The summed E-state index contributed by atoms with van der Waals surface area (Å²) in [6, 6.07) is 0. The van der Waals surface area contributed by atoms with Crippen LogP contribution < -0.4 is 0 Å². The minimum absolute atomic E-state index is 0.984. The third kappa shape index (κ3) is 0.258. The fourth-order valence-electron chi connectivity index (χ4n) is 14.8. The Labute approximate surface area is 117 Å². The van der Waals surface area contributed by atoms with Gasteiger partial charge in [-0.1, -0.05) is 11.6 Å². The monoisotopic (exact) mass is 256 g/mol. The average molecular weight is 256 g/mol. The van der Waals surface area contributed by atoms with E-state index in [1.165, 1.54) is 71.0 Å². The van der Waals surface area contributed by atoms with Gasteiger partial charge in [-0.3, -0.25) is 0 Å². The summed E-state index contributed by atoms with van der Waals surface area (Å²) in [7, 11) is 0. The zero-order chi connectivity index (χ0) is 11.5. The van der Waals surface area contributed by atoms with E-state index in [0.717, 1.165) is 27.6 Å². The van der Waals surface area contributed by atoms with E-state index in [-0.39, 0.29) is 0 Å². The Hall–Kier alpha value is -0.260. The number of rotatable bonds is 0. The highest BCUT2D eigenvalue weighted by Crippen LogP contribution is 3.26. The molecule has 0 N–H and O–H groups in total. The summed E-state index contributed by atoms with van der Waals surface area (Å²) in [4.78, 5) is 0. The van der Waals surface area contributed by atoms with Crippen LogP contribution in [0.4, 0.5) is 0 Å². The van der Waals surface area contributed by atoms with Crippen molar-refractivity contribution in [1.29, 1.82) is 0 Å². The van der Waals surface area contributed by atoms with Crippen LogP contribution >= 0.6 is 0 Å². The van der Waals surface area contributed by atoms with Crippen LogP contribution in [0.15, 0.2) is 11.6 Å². The first kappa shape index (κ1) is 7.34. The molecule has 0 heterocycles. The zero-order valence-electron chi connectivity index (χ0n) is 11.3. The molecule has 20 heavy (non-hydrogen) atoms. The van der Waals surface area contributed by atoms with E-state index < -0.39 is 0 Å². The molecule has 12 aliphatic carbocycles. The second kappa shape index (κ2) is 1.29. The average Bonchev–Trinajstić information content (AvgIpc) is 3.35. The van der Waals surface area contributed by atoms with Crippen molar-refractivity contribution in [2.24, 2.45) is 98.6 Å². The van der Waals surface area contributed by atoms with Crippen molar-refractivity contribution in [3.05, 3.63) is 11.6 Å². The van der Waals surface area contributed by atoms with Crippen molar-refractivity contribution in [3.63, 3.8) is 0 Å². The van der Waals surface area contributed by atoms with Crippen LogP contribution in [0.1, 0.15) is 6.42 Å². The highest BCUT2D eigenvalue weighted by molar-refractivity contribution is 5.72. The largest absolute Gasteiger partial charge is 0.0810 e. The minimum Gasteiger partial charge on any atom is -0.0810 e. The number of allylic oxidation sites excluding steroid dienone is 2. The van der Waals surface area contributed by atoms with Crippen molar-refractivity contribution < 1.29 is 0 Å². The molecular weight excluding hydrogens is 240 g/mol. The molecule has 17 atom stereocenters. The van der Waals surface area contributed by atoms with Gasteiger partial charge < -0.3 is 0 Å². The second-order valence-corrected chi connectivity index (χ2v) is 11.6.